The molecule has 1 aliphatic heterocycles. The first-order chi connectivity index (χ1) is 8.18. The minimum Gasteiger partial charge on any atom is -0.378 e. The molecule has 2 N–H and O–H groups in total. The summed E-state index contributed by atoms with van der Waals surface area (Å²) in [4.78, 5) is 11.9. The van der Waals surface area contributed by atoms with Gasteiger partial charge in [-0.1, -0.05) is 29.3 Å². The van der Waals surface area contributed by atoms with Gasteiger partial charge in [-0.15, -0.1) is 0 Å². The molecule has 0 bridgehead atoms. The molecule has 1 aliphatic rings. The van der Waals surface area contributed by atoms with Crippen LogP contribution in [0.25, 0.3) is 0 Å². The second-order valence-corrected chi connectivity index (χ2v) is 4.46. The summed E-state index contributed by atoms with van der Waals surface area (Å²) in [7, 11) is 0. The molecular weight excluding hydrogens is 263 g/mol. The van der Waals surface area contributed by atoms with E-state index in [4.69, 9.17) is 27.9 Å². The first-order valence-corrected chi connectivity index (χ1v) is 6.00. The van der Waals surface area contributed by atoms with E-state index in [1.54, 1.807) is 18.2 Å². The molecule has 0 radical (unpaired) electrons. The van der Waals surface area contributed by atoms with Gasteiger partial charge in [0.1, 0.15) is 6.04 Å². The molecule has 0 aliphatic carbocycles. The van der Waals surface area contributed by atoms with E-state index in [9.17, 15) is 4.79 Å². The van der Waals surface area contributed by atoms with E-state index in [2.05, 4.69) is 10.6 Å². The number of carbonyl (C=O) groups is 1. The zero-order valence-corrected chi connectivity index (χ0v) is 10.5. The largest absolute Gasteiger partial charge is 0.378 e. The van der Waals surface area contributed by atoms with Gasteiger partial charge < -0.3 is 15.4 Å². The predicted molar refractivity (Wildman–Crippen MR) is 67.7 cm³/mol. The molecule has 1 aromatic rings. The Bertz CT molecular complexity index is 420. The van der Waals surface area contributed by atoms with E-state index < -0.39 is 0 Å². The van der Waals surface area contributed by atoms with E-state index in [1.807, 2.05) is 0 Å². The van der Waals surface area contributed by atoms with Crippen LogP contribution >= 0.6 is 23.2 Å². The van der Waals surface area contributed by atoms with Crippen molar-refractivity contribution in [3.63, 3.8) is 0 Å². The highest BCUT2D eigenvalue weighted by atomic mass is 35.5. The molecule has 1 heterocycles. The molecule has 6 heteroatoms. The van der Waals surface area contributed by atoms with Crippen LogP contribution in [-0.2, 0) is 9.53 Å². The van der Waals surface area contributed by atoms with Gasteiger partial charge in [0, 0.05) is 6.54 Å². The van der Waals surface area contributed by atoms with Gasteiger partial charge in [-0.05, 0) is 12.1 Å². The van der Waals surface area contributed by atoms with Gasteiger partial charge >= 0.3 is 0 Å². The SMILES string of the molecule is O=C(Nc1cccc(Cl)c1Cl)C1COCCN1. The number of halogens is 2. The third-order valence-corrected chi connectivity index (χ3v) is 3.27. The molecular formula is C11H12Cl2N2O2. The summed E-state index contributed by atoms with van der Waals surface area (Å²) in [5, 5.41) is 6.54. The Morgan fingerprint density at radius 3 is 3.00 bits per heavy atom. The molecule has 1 atom stereocenters. The maximum Gasteiger partial charge on any atom is 0.243 e. The first-order valence-electron chi connectivity index (χ1n) is 5.24. The van der Waals surface area contributed by atoms with E-state index in [0.29, 0.717) is 35.5 Å². The molecule has 1 saturated heterocycles. The summed E-state index contributed by atoms with van der Waals surface area (Å²) in [5.41, 5.74) is 0.511. The van der Waals surface area contributed by atoms with E-state index in [0.717, 1.165) is 0 Å². The Balaban J connectivity index is 2.04. The van der Waals surface area contributed by atoms with Crippen molar-refractivity contribution < 1.29 is 9.53 Å². The van der Waals surface area contributed by atoms with E-state index in [1.165, 1.54) is 0 Å². The van der Waals surface area contributed by atoms with Crippen molar-refractivity contribution in [2.24, 2.45) is 0 Å². The van der Waals surface area contributed by atoms with Gasteiger partial charge in [0.2, 0.25) is 5.91 Å². The molecule has 92 valence electrons. The van der Waals surface area contributed by atoms with Gasteiger partial charge in [0.15, 0.2) is 0 Å². The summed E-state index contributed by atoms with van der Waals surface area (Å²) >= 11 is 11.8. The Labute approximate surface area is 109 Å². The summed E-state index contributed by atoms with van der Waals surface area (Å²) in [5.74, 6) is -0.172. The van der Waals surface area contributed by atoms with Gasteiger partial charge in [-0.3, -0.25) is 4.79 Å². The van der Waals surface area contributed by atoms with Crippen molar-refractivity contribution in [3.8, 4) is 0 Å². The zero-order valence-electron chi connectivity index (χ0n) is 9.00. The van der Waals surface area contributed by atoms with Crippen molar-refractivity contribution >= 4 is 34.8 Å². The summed E-state index contributed by atoms with van der Waals surface area (Å²) in [6.45, 7) is 1.66. The summed E-state index contributed by atoms with van der Waals surface area (Å²) in [6, 6.07) is 4.75. The van der Waals surface area contributed by atoms with Crippen LogP contribution in [0, 0.1) is 0 Å². The molecule has 1 unspecified atom stereocenters. The molecule has 2 rings (SSSR count). The van der Waals surface area contributed by atoms with Crippen LogP contribution in [0.2, 0.25) is 10.0 Å². The van der Waals surface area contributed by atoms with Crippen LogP contribution in [0.5, 0.6) is 0 Å². The Kier molecular flexibility index (Phi) is 4.23. The van der Waals surface area contributed by atoms with Crippen molar-refractivity contribution in [3.05, 3.63) is 28.2 Å². The van der Waals surface area contributed by atoms with Crippen LogP contribution in [0.1, 0.15) is 0 Å². The number of hydrogen-bond acceptors (Lipinski definition) is 3. The van der Waals surface area contributed by atoms with Crippen molar-refractivity contribution in [2.75, 3.05) is 25.1 Å². The smallest absolute Gasteiger partial charge is 0.243 e. The van der Waals surface area contributed by atoms with Crippen LogP contribution < -0.4 is 10.6 Å². The number of hydrogen-bond donors (Lipinski definition) is 2. The number of nitrogens with one attached hydrogen (secondary N) is 2. The van der Waals surface area contributed by atoms with E-state index >= 15 is 0 Å². The number of ether oxygens (including phenoxy) is 1. The lowest BCUT2D eigenvalue weighted by Gasteiger charge is -2.23. The summed E-state index contributed by atoms with van der Waals surface area (Å²) < 4.78 is 5.21. The van der Waals surface area contributed by atoms with Gasteiger partial charge in [0.05, 0.1) is 28.9 Å². The highest BCUT2D eigenvalue weighted by molar-refractivity contribution is 6.44. The zero-order chi connectivity index (χ0) is 12.3. The quantitative estimate of drug-likeness (QED) is 0.867. The molecule has 17 heavy (non-hydrogen) atoms. The average molecular weight is 275 g/mol. The molecule has 1 aromatic carbocycles. The monoisotopic (exact) mass is 274 g/mol. The molecule has 0 aromatic heterocycles. The highest BCUT2D eigenvalue weighted by Crippen LogP contribution is 2.29. The van der Waals surface area contributed by atoms with Crippen LogP contribution in [0.3, 0.4) is 0 Å². The maximum absolute atomic E-state index is 11.9. The normalized spacial score (nSPS) is 20.0. The number of benzene rings is 1. The third-order valence-electron chi connectivity index (χ3n) is 2.45. The van der Waals surface area contributed by atoms with Gasteiger partial charge in [-0.2, -0.15) is 0 Å². The lowest BCUT2D eigenvalue weighted by atomic mass is 10.2. The minimum atomic E-state index is -0.348. The number of anilines is 1. The second kappa shape index (κ2) is 5.69. The summed E-state index contributed by atoms with van der Waals surface area (Å²) in [6.07, 6.45) is 0. The lowest BCUT2D eigenvalue weighted by molar-refractivity contribution is -0.120. The standard InChI is InChI=1S/C11H12Cl2N2O2/c12-7-2-1-3-8(10(7)13)15-11(16)9-6-17-5-4-14-9/h1-3,9,14H,4-6H2,(H,15,16). The van der Waals surface area contributed by atoms with Crippen LogP contribution in [0.15, 0.2) is 18.2 Å². The minimum absolute atomic E-state index is 0.172. The number of morpholine rings is 1. The molecule has 0 spiro atoms. The topological polar surface area (TPSA) is 50.4 Å². The molecule has 1 fully saturated rings. The molecule has 0 saturated carbocycles. The Hall–Kier alpha value is -0.810. The Morgan fingerprint density at radius 1 is 1.47 bits per heavy atom. The molecule has 4 nitrogen and oxygen atoms in total. The lowest BCUT2D eigenvalue weighted by Crippen LogP contribution is -2.48. The predicted octanol–water partition coefficient (Wildman–Crippen LogP) is 1.92. The maximum atomic E-state index is 11.9. The second-order valence-electron chi connectivity index (χ2n) is 3.67. The van der Waals surface area contributed by atoms with Crippen molar-refractivity contribution in [2.45, 2.75) is 6.04 Å². The van der Waals surface area contributed by atoms with Crippen molar-refractivity contribution in [1.29, 1.82) is 0 Å². The Morgan fingerprint density at radius 2 is 2.29 bits per heavy atom. The van der Waals surface area contributed by atoms with Gasteiger partial charge in [0.25, 0.3) is 0 Å². The van der Waals surface area contributed by atoms with Gasteiger partial charge in [-0.25, -0.2) is 0 Å². The first kappa shape index (κ1) is 12.6. The number of rotatable bonds is 2. The van der Waals surface area contributed by atoms with E-state index in [-0.39, 0.29) is 11.9 Å². The fourth-order valence-corrected chi connectivity index (χ4v) is 1.90. The highest BCUT2D eigenvalue weighted by Gasteiger charge is 2.21. The number of amides is 1. The fraction of sp³-hybridized carbons (Fsp3) is 0.364. The van der Waals surface area contributed by atoms with Crippen LogP contribution in [0.4, 0.5) is 5.69 Å². The van der Waals surface area contributed by atoms with Crippen LogP contribution in [-0.4, -0.2) is 31.7 Å². The fourth-order valence-electron chi connectivity index (χ4n) is 1.55. The average Bonchev–Trinajstić information content (AvgIpc) is 2.36. The number of carbonyl (C=O) groups excluding carboxylic acids is 1. The molecule has 1 amide bonds. The van der Waals surface area contributed by atoms with Crippen molar-refractivity contribution in [1.82, 2.24) is 5.32 Å². The third kappa shape index (κ3) is 3.10.